The van der Waals surface area contributed by atoms with Crippen molar-refractivity contribution in [2.45, 2.75) is 32.7 Å². The van der Waals surface area contributed by atoms with Gasteiger partial charge in [0.2, 0.25) is 5.91 Å². The second-order valence-corrected chi connectivity index (χ2v) is 6.01. The van der Waals surface area contributed by atoms with Gasteiger partial charge in [-0.2, -0.15) is 0 Å². The van der Waals surface area contributed by atoms with Crippen molar-refractivity contribution in [1.29, 1.82) is 0 Å². The van der Waals surface area contributed by atoms with E-state index in [1.165, 1.54) is 0 Å². The van der Waals surface area contributed by atoms with Gasteiger partial charge in [-0.3, -0.25) is 4.79 Å². The molecule has 0 aromatic heterocycles. The van der Waals surface area contributed by atoms with Gasteiger partial charge >= 0.3 is 0 Å². The molecule has 0 saturated carbocycles. The van der Waals surface area contributed by atoms with Gasteiger partial charge in [-0.25, -0.2) is 0 Å². The second-order valence-electron chi connectivity index (χ2n) is 5.36. The highest BCUT2D eigenvalue weighted by Gasteiger charge is 2.32. The Bertz CT molecular complexity index is 446. The Balaban J connectivity index is 2.02. The van der Waals surface area contributed by atoms with Gasteiger partial charge in [-0.15, -0.1) is 0 Å². The molecule has 1 aromatic carbocycles. The number of carbonyl (C=O) groups excluding carboxylic acids is 1. The summed E-state index contributed by atoms with van der Waals surface area (Å²) in [5.41, 5.74) is 1.16. The number of hydrogen-bond acceptors (Lipinski definition) is 2. The van der Waals surface area contributed by atoms with Crippen molar-refractivity contribution in [1.82, 2.24) is 4.90 Å². The molecule has 1 aliphatic rings. The van der Waals surface area contributed by atoms with Gasteiger partial charge in [0.05, 0.1) is 12.6 Å². The van der Waals surface area contributed by atoms with E-state index in [0.29, 0.717) is 12.3 Å². The monoisotopic (exact) mass is 339 g/mol. The highest BCUT2D eigenvalue weighted by molar-refractivity contribution is 9.09. The van der Waals surface area contributed by atoms with Gasteiger partial charge in [0.25, 0.3) is 0 Å². The van der Waals surface area contributed by atoms with Crippen LogP contribution in [0.3, 0.4) is 0 Å². The molecule has 20 heavy (non-hydrogen) atoms. The van der Waals surface area contributed by atoms with Crippen molar-refractivity contribution < 1.29 is 9.53 Å². The first-order valence-corrected chi connectivity index (χ1v) is 8.36. The predicted octanol–water partition coefficient (Wildman–Crippen LogP) is 3.78. The summed E-state index contributed by atoms with van der Waals surface area (Å²) >= 11 is 3.47. The molecule has 0 radical (unpaired) electrons. The molecule has 2 atom stereocenters. The zero-order valence-corrected chi connectivity index (χ0v) is 13.7. The van der Waals surface area contributed by atoms with Gasteiger partial charge in [0, 0.05) is 18.3 Å². The molecule has 110 valence electrons. The number of halogens is 1. The number of carbonyl (C=O) groups is 1. The van der Waals surface area contributed by atoms with Crippen molar-refractivity contribution >= 4 is 21.8 Å². The first kappa shape index (κ1) is 15.4. The summed E-state index contributed by atoms with van der Waals surface area (Å²) in [6.45, 7) is 5.78. The number of likely N-dealkylation sites (tertiary alicyclic amines) is 1. The third-order valence-corrected chi connectivity index (χ3v) is 4.68. The molecule has 2 rings (SSSR count). The summed E-state index contributed by atoms with van der Waals surface area (Å²) in [6, 6.07) is 8.23. The number of benzene rings is 1. The van der Waals surface area contributed by atoms with Crippen LogP contribution in [0.25, 0.3) is 0 Å². The van der Waals surface area contributed by atoms with Crippen LogP contribution in [0.15, 0.2) is 24.3 Å². The van der Waals surface area contributed by atoms with Crippen LogP contribution < -0.4 is 4.74 Å². The first-order chi connectivity index (χ1) is 9.65. The van der Waals surface area contributed by atoms with E-state index in [9.17, 15) is 4.79 Å². The molecule has 4 heteroatoms. The Morgan fingerprint density at radius 3 is 2.65 bits per heavy atom. The summed E-state index contributed by atoms with van der Waals surface area (Å²) < 4.78 is 5.58. The number of hydrogen-bond donors (Lipinski definition) is 0. The molecule has 1 heterocycles. The maximum atomic E-state index is 12.0. The van der Waals surface area contributed by atoms with Crippen LogP contribution >= 0.6 is 15.9 Å². The molecule has 1 amide bonds. The molecule has 0 bridgehead atoms. The van der Waals surface area contributed by atoms with Crippen molar-refractivity contribution in [3.8, 4) is 5.75 Å². The van der Waals surface area contributed by atoms with Crippen LogP contribution in [-0.2, 0) is 4.79 Å². The second kappa shape index (κ2) is 7.11. The Hall–Kier alpha value is -1.03. The highest BCUT2D eigenvalue weighted by atomic mass is 79.9. The Morgan fingerprint density at radius 1 is 1.40 bits per heavy atom. The lowest BCUT2D eigenvalue weighted by Crippen LogP contribution is -2.28. The van der Waals surface area contributed by atoms with Crippen molar-refractivity contribution in [2.75, 3.05) is 18.5 Å². The quantitative estimate of drug-likeness (QED) is 0.738. The van der Waals surface area contributed by atoms with Gasteiger partial charge in [0.1, 0.15) is 5.75 Å². The van der Waals surface area contributed by atoms with Gasteiger partial charge in [-0.05, 0) is 37.0 Å². The van der Waals surface area contributed by atoms with Gasteiger partial charge in [0.15, 0.2) is 0 Å². The van der Waals surface area contributed by atoms with E-state index in [1.807, 2.05) is 17.0 Å². The van der Waals surface area contributed by atoms with E-state index in [0.717, 1.165) is 36.2 Å². The summed E-state index contributed by atoms with van der Waals surface area (Å²) in [5.74, 6) is 1.60. The molecule has 1 fully saturated rings. The van der Waals surface area contributed by atoms with Crippen molar-refractivity contribution in [3.05, 3.63) is 29.8 Å². The highest BCUT2D eigenvalue weighted by Crippen LogP contribution is 2.30. The van der Waals surface area contributed by atoms with Crippen LogP contribution in [0.1, 0.15) is 38.3 Å². The standard InChI is InChI=1S/C16H22BrNO2/c1-3-8-20-15-6-4-14(5-7-15)12(2)18-11-13(10-17)9-16(18)19/h4-7,12-13H,3,8-11H2,1-2H3. The largest absolute Gasteiger partial charge is 0.494 e. The summed E-state index contributed by atoms with van der Waals surface area (Å²) in [6.07, 6.45) is 1.67. The molecule has 3 nitrogen and oxygen atoms in total. The van der Waals surface area contributed by atoms with Crippen LogP contribution in [0, 0.1) is 5.92 Å². The molecule has 0 spiro atoms. The molecule has 1 saturated heterocycles. The fourth-order valence-corrected chi connectivity index (χ4v) is 2.96. The number of nitrogens with zero attached hydrogens (tertiary/aromatic N) is 1. The van der Waals surface area contributed by atoms with Crippen LogP contribution in [-0.4, -0.2) is 29.3 Å². The molecular weight excluding hydrogens is 318 g/mol. The molecule has 0 aliphatic carbocycles. The van der Waals surface area contributed by atoms with E-state index < -0.39 is 0 Å². The SMILES string of the molecule is CCCOc1ccc(C(C)N2CC(CBr)CC2=O)cc1. The number of amides is 1. The number of alkyl halides is 1. The number of rotatable bonds is 6. The Morgan fingerprint density at radius 2 is 2.10 bits per heavy atom. The zero-order valence-electron chi connectivity index (χ0n) is 12.1. The van der Waals surface area contributed by atoms with Crippen molar-refractivity contribution in [2.24, 2.45) is 5.92 Å². The minimum absolute atomic E-state index is 0.131. The molecule has 1 aromatic rings. The lowest BCUT2D eigenvalue weighted by molar-refractivity contribution is -0.129. The Kier molecular flexibility index (Phi) is 5.46. The van der Waals surface area contributed by atoms with Crippen LogP contribution in [0.5, 0.6) is 5.75 Å². The topological polar surface area (TPSA) is 29.5 Å². The summed E-state index contributed by atoms with van der Waals surface area (Å²) in [5, 5.41) is 0.895. The summed E-state index contributed by atoms with van der Waals surface area (Å²) in [7, 11) is 0. The Labute approximate surface area is 129 Å². The van der Waals surface area contributed by atoms with E-state index in [1.54, 1.807) is 0 Å². The van der Waals surface area contributed by atoms with Crippen molar-refractivity contribution in [3.63, 3.8) is 0 Å². The first-order valence-electron chi connectivity index (χ1n) is 7.24. The lowest BCUT2D eigenvalue weighted by Gasteiger charge is -2.25. The third kappa shape index (κ3) is 3.54. The van der Waals surface area contributed by atoms with Gasteiger partial charge in [-0.1, -0.05) is 35.0 Å². The fourth-order valence-electron chi connectivity index (χ4n) is 2.53. The maximum absolute atomic E-state index is 12.0. The van der Waals surface area contributed by atoms with Crippen LogP contribution in [0.2, 0.25) is 0 Å². The van der Waals surface area contributed by atoms with Gasteiger partial charge < -0.3 is 9.64 Å². The van der Waals surface area contributed by atoms with E-state index in [-0.39, 0.29) is 11.9 Å². The number of ether oxygens (including phenoxy) is 1. The average Bonchev–Trinajstić information content (AvgIpc) is 2.86. The van der Waals surface area contributed by atoms with E-state index >= 15 is 0 Å². The average molecular weight is 340 g/mol. The normalized spacial score (nSPS) is 20.2. The smallest absolute Gasteiger partial charge is 0.223 e. The fraction of sp³-hybridized carbons (Fsp3) is 0.562. The summed E-state index contributed by atoms with van der Waals surface area (Å²) in [4.78, 5) is 14.0. The minimum Gasteiger partial charge on any atom is -0.494 e. The zero-order chi connectivity index (χ0) is 14.5. The molecule has 1 aliphatic heterocycles. The maximum Gasteiger partial charge on any atom is 0.223 e. The third-order valence-electron chi connectivity index (χ3n) is 3.76. The lowest BCUT2D eigenvalue weighted by atomic mass is 10.1. The van der Waals surface area contributed by atoms with Crippen LogP contribution in [0.4, 0.5) is 0 Å². The molecule has 0 N–H and O–H groups in total. The molecule has 2 unspecified atom stereocenters. The van der Waals surface area contributed by atoms with E-state index in [4.69, 9.17) is 4.74 Å². The molecular formula is C16H22BrNO2. The minimum atomic E-state index is 0.131. The predicted molar refractivity (Wildman–Crippen MR) is 84.3 cm³/mol. The van der Waals surface area contributed by atoms with E-state index in [2.05, 4.69) is 41.9 Å².